The molecule has 1 aliphatic carbocycles. The summed E-state index contributed by atoms with van der Waals surface area (Å²) in [6.45, 7) is 4.61. The molecule has 2 atom stereocenters. The van der Waals surface area contributed by atoms with Gasteiger partial charge in [0.05, 0.1) is 0 Å². The summed E-state index contributed by atoms with van der Waals surface area (Å²) in [6.07, 6.45) is 11.2. The van der Waals surface area contributed by atoms with Gasteiger partial charge in [0.25, 0.3) is 0 Å². The lowest BCUT2D eigenvalue weighted by molar-refractivity contribution is 0.450. The van der Waals surface area contributed by atoms with E-state index < -0.39 is 0 Å². The summed E-state index contributed by atoms with van der Waals surface area (Å²) < 4.78 is 2.48. The van der Waals surface area contributed by atoms with Crippen molar-refractivity contribution >= 4 is 0 Å². The summed E-state index contributed by atoms with van der Waals surface area (Å²) in [5.41, 5.74) is 9.08. The summed E-state index contributed by atoms with van der Waals surface area (Å²) in [7, 11) is 0. The van der Waals surface area contributed by atoms with E-state index in [-0.39, 0.29) is 6.04 Å². The SMILES string of the molecule is CCCCCC(C)n1ccc2c1CCCC2N. The lowest BCUT2D eigenvalue weighted by Gasteiger charge is -2.24. The molecule has 2 unspecified atom stereocenters. The van der Waals surface area contributed by atoms with Gasteiger partial charge in [-0.2, -0.15) is 0 Å². The molecule has 2 heteroatoms. The molecular weight excluding hydrogens is 208 g/mol. The second kappa shape index (κ2) is 5.72. The lowest BCUT2D eigenvalue weighted by Crippen LogP contribution is -2.19. The van der Waals surface area contributed by atoms with Crippen molar-refractivity contribution in [2.45, 2.75) is 70.9 Å². The maximum absolute atomic E-state index is 6.17. The molecule has 0 radical (unpaired) electrons. The van der Waals surface area contributed by atoms with E-state index in [1.54, 1.807) is 0 Å². The van der Waals surface area contributed by atoms with Gasteiger partial charge in [0, 0.05) is 24.0 Å². The molecule has 0 amide bonds. The van der Waals surface area contributed by atoms with Crippen LogP contribution in [0.5, 0.6) is 0 Å². The maximum Gasteiger partial charge on any atom is 0.0312 e. The van der Waals surface area contributed by atoms with Gasteiger partial charge in [-0.15, -0.1) is 0 Å². The number of hydrogen-bond acceptors (Lipinski definition) is 1. The highest BCUT2D eigenvalue weighted by Crippen LogP contribution is 2.31. The number of unbranched alkanes of at least 4 members (excludes halogenated alkanes) is 2. The van der Waals surface area contributed by atoms with Gasteiger partial charge in [-0.3, -0.25) is 0 Å². The smallest absolute Gasteiger partial charge is 0.0312 e. The molecule has 1 heterocycles. The van der Waals surface area contributed by atoms with Crippen LogP contribution in [0.1, 0.15) is 75.7 Å². The third-order valence-corrected chi connectivity index (χ3v) is 4.09. The molecule has 0 bridgehead atoms. The normalized spacial score (nSPS) is 21.2. The van der Waals surface area contributed by atoms with Crippen LogP contribution >= 0.6 is 0 Å². The van der Waals surface area contributed by atoms with E-state index in [1.165, 1.54) is 49.8 Å². The minimum atomic E-state index is 0.280. The average molecular weight is 234 g/mol. The van der Waals surface area contributed by atoms with Gasteiger partial charge in [0.1, 0.15) is 0 Å². The quantitative estimate of drug-likeness (QED) is 0.768. The first kappa shape index (κ1) is 12.7. The molecule has 0 spiro atoms. The number of nitrogens with two attached hydrogens (primary N) is 1. The molecule has 17 heavy (non-hydrogen) atoms. The van der Waals surface area contributed by atoms with Crippen LogP contribution in [0.3, 0.4) is 0 Å². The van der Waals surface area contributed by atoms with Crippen molar-refractivity contribution in [1.29, 1.82) is 0 Å². The molecule has 1 aliphatic rings. The van der Waals surface area contributed by atoms with Gasteiger partial charge in [0.15, 0.2) is 0 Å². The van der Waals surface area contributed by atoms with Crippen molar-refractivity contribution in [2.24, 2.45) is 5.73 Å². The number of rotatable bonds is 5. The zero-order valence-electron chi connectivity index (χ0n) is 11.3. The van der Waals surface area contributed by atoms with Crippen LogP contribution in [-0.2, 0) is 6.42 Å². The standard InChI is InChI=1S/C15H26N2/c1-3-4-5-7-12(2)17-11-10-13-14(16)8-6-9-15(13)17/h10-12,14H,3-9,16H2,1-2H3. The highest BCUT2D eigenvalue weighted by molar-refractivity contribution is 5.28. The van der Waals surface area contributed by atoms with E-state index >= 15 is 0 Å². The van der Waals surface area contributed by atoms with Crippen LogP contribution in [0.4, 0.5) is 0 Å². The van der Waals surface area contributed by atoms with Crippen LogP contribution in [0.25, 0.3) is 0 Å². The Labute approximate surface area is 105 Å². The number of aromatic nitrogens is 1. The lowest BCUT2D eigenvalue weighted by atomic mass is 9.93. The molecule has 2 nitrogen and oxygen atoms in total. The molecule has 96 valence electrons. The molecule has 0 saturated heterocycles. The van der Waals surface area contributed by atoms with E-state index in [2.05, 4.69) is 30.7 Å². The first-order valence-corrected chi connectivity index (χ1v) is 7.19. The Hall–Kier alpha value is -0.760. The summed E-state index contributed by atoms with van der Waals surface area (Å²) in [5, 5.41) is 0. The first-order valence-electron chi connectivity index (χ1n) is 7.19. The highest BCUT2D eigenvalue weighted by atomic mass is 15.0. The Morgan fingerprint density at radius 3 is 3.06 bits per heavy atom. The molecule has 2 rings (SSSR count). The predicted molar refractivity (Wildman–Crippen MR) is 73.2 cm³/mol. The largest absolute Gasteiger partial charge is 0.348 e. The van der Waals surface area contributed by atoms with E-state index in [1.807, 2.05) is 0 Å². The Kier molecular flexibility index (Phi) is 4.27. The van der Waals surface area contributed by atoms with E-state index in [0.29, 0.717) is 6.04 Å². The monoisotopic (exact) mass is 234 g/mol. The van der Waals surface area contributed by atoms with E-state index in [9.17, 15) is 0 Å². The van der Waals surface area contributed by atoms with Gasteiger partial charge in [-0.1, -0.05) is 26.2 Å². The molecule has 1 aromatic heterocycles. The Balaban J connectivity index is 2.05. The fourth-order valence-electron chi connectivity index (χ4n) is 2.99. The second-order valence-corrected chi connectivity index (χ2v) is 5.47. The fourth-order valence-corrected chi connectivity index (χ4v) is 2.99. The van der Waals surface area contributed by atoms with Crippen LogP contribution in [0.2, 0.25) is 0 Å². The Bertz CT molecular complexity index is 354. The highest BCUT2D eigenvalue weighted by Gasteiger charge is 2.21. The van der Waals surface area contributed by atoms with Crippen molar-refractivity contribution in [3.63, 3.8) is 0 Å². The Morgan fingerprint density at radius 1 is 1.47 bits per heavy atom. The minimum Gasteiger partial charge on any atom is -0.348 e. The van der Waals surface area contributed by atoms with Crippen LogP contribution in [0.15, 0.2) is 12.3 Å². The van der Waals surface area contributed by atoms with Gasteiger partial charge in [-0.25, -0.2) is 0 Å². The third kappa shape index (κ3) is 2.74. The van der Waals surface area contributed by atoms with Crippen LogP contribution in [-0.4, -0.2) is 4.57 Å². The first-order chi connectivity index (χ1) is 8.24. The third-order valence-electron chi connectivity index (χ3n) is 4.09. The second-order valence-electron chi connectivity index (χ2n) is 5.47. The molecule has 0 fully saturated rings. The van der Waals surface area contributed by atoms with Gasteiger partial charge in [0.2, 0.25) is 0 Å². The van der Waals surface area contributed by atoms with Crippen molar-refractivity contribution in [1.82, 2.24) is 4.57 Å². The number of nitrogens with zero attached hydrogens (tertiary/aromatic N) is 1. The van der Waals surface area contributed by atoms with Gasteiger partial charge in [-0.05, 0) is 44.2 Å². The summed E-state index contributed by atoms with van der Waals surface area (Å²) in [6, 6.07) is 3.16. The zero-order valence-corrected chi connectivity index (χ0v) is 11.3. The molecule has 1 aromatic rings. The minimum absolute atomic E-state index is 0.280. The van der Waals surface area contributed by atoms with E-state index in [0.717, 1.165) is 6.42 Å². The molecular formula is C15H26N2. The van der Waals surface area contributed by atoms with Crippen molar-refractivity contribution in [3.8, 4) is 0 Å². The topological polar surface area (TPSA) is 30.9 Å². The van der Waals surface area contributed by atoms with Gasteiger partial charge < -0.3 is 10.3 Å². The van der Waals surface area contributed by atoms with Crippen LogP contribution in [0, 0.1) is 0 Å². The maximum atomic E-state index is 6.17. The number of hydrogen-bond donors (Lipinski definition) is 1. The molecule has 0 aliphatic heterocycles. The molecule has 0 aromatic carbocycles. The summed E-state index contributed by atoms with van der Waals surface area (Å²) in [5.74, 6) is 0. The zero-order chi connectivity index (χ0) is 12.3. The predicted octanol–water partition coefficient (Wildman–Crippen LogP) is 3.97. The number of fused-ring (bicyclic) bond motifs is 1. The van der Waals surface area contributed by atoms with Crippen LogP contribution < -0.4 is 5.73 Å². The van der Waals surface area contributed by atoms with Gasteiger partial charge >= 0.3 is 0 Å². The Morgan fingerprint density at radius 2 is 2.29 bits per heavy atom. The summed E-state index contributed by atoms with van der Waals surface area (Å²) >= 11 is 0. The summed E-state index contributed by atoms with van der Waals surface area (Å²) in [4.78, 5) is 0. The fraction of sp³-hybridized carbons (Fsp3) is 0.733. The molecule has 2 N–H and O–H groups in total. The van der Waals surface area contributed by atoms with Crippen molar-refractivity contribution in [3.05, 3.63) is 23.5 Å². The molecule has 0 saturated carbocycles. The van der Waals surface area contributed by atoms with E-state index in [4.69, 9.17) is 5.73 Å². The van der Waals surface area contributed by atoms with Crippen molar-refractivity contribution in [2.75, 3.05) is 0 Å². The average Bonchev–Trinajstić information content (AvgIpc) is 2.74. The van der Waals surface area contributed by atoms with Crippen molar-refractivity contribution < 1.29 is 0 Å².